The van der Waals surface area contributed by atoms with E-state index in [0.29, 0.717) is 32.2 Å². The van der Waals surface area contributed by atoms with Crippen LogP contribution in [0.25, 0.3) is 0 Å². The molecule has 0 radical (unpaired) electrons. The van der Waals surface area contributed by atoms with Gasteiger partial charge in [0.05, 0.1) is 24.8 Å². The first kappa shape index (κ1) is 27.1. The number of carbonyl (C=O) groups is 3. The van der Waals surface area contributed by atoms with Crippen molar-refractivity contribution in [2.24, 2.45) is 0 Å². The zero-order valence-corrected chi connectivity index (χ0v) is 18.7. The molecule has 0 aromatic carbocycles. The average Bonchev–Trinajstić information content (AvgIpc) is 2.58. The number of hydrogen-bond donors (Lipinski definition) is 4. The fraction of sp³-hybridized carbons (Fsp3) is 0.850. The van der Waals surface area contributed by atoms with E-state index in [4.69, 9.17) is 4.74 Å². The van der Waals surface area contributed by atoms with Crippen molar-refractivity contribution in [2.75, 3.05) is 20.2 Å². The average molecular weight is 419 g/mol. The van der Waals surface area contributed by atoms with Gasteiger partial charge in [0.1, 0.15) is 6.04 Å². The number of ether oxygens (including phenoxy) is 1. The molecule has 4 amide bonds. The Labute approximate surface area is 174 Å². The molecule has 0 aliphatic heterocycles. The molecule has 0 spiro atoms. The van der Waals surface area contributed by atoms with Crippen LogP contribution in [0, 0.1) is 0 Å². The number of nitrogens with one attached hydrogen (secondary N) is 4. The number of carbonyl (C=O) groups excluding carboxylic acids is 3. The van der Waals surface area contributed by atoms with E-state index >= 15 is 0 Å². The molecule has 29 heavy (non-hydrogen) atoms. The first-order chi connectivity index (χ1) is 13.5. The highest BCUT2D eigenvalue weighted by Crippen LogP contribution is 2.15. The van der Waals surface area contributed by atoms with Crippen LogP contribution in [0.3, 0.4) is 0 Å². The molecule has 0 fully saturated rings. The molecule has 0 rings (SSSR count). The van der Waals surface area contributed by atoms with E-state index in [1.165, 1.54) is 14.0 Å². The fourth-order valence-corrected chi connectivity index (χ4v) is 2.58. The van der Waals surface area contributed by atoms with Crippen LogP contribution in [-0.2, 0) is 14.3 Å². The van der Waals surface area contributed by atoms with Gasteiger partial charge in [-0.15, -0.1) is 0 Å². The third-order valence-corrected chi connectivity index (χ3v) is 4.12. The molecular weight excluding hydrogens is 379 g/mol. The first-order valence-corrected chi connectivity index (χ1v) is 10.3. The van der Waals surface area contributed by atoms with Crippen LogP contribution in [-0.4, -0.2) is 61.9 Å². The number of halogens is 1. The second-order valence-corrected chi connectivity index (χ2v) is 8.14. The van der Waals surface area contributed by atoms with Crippen molar-refractivity contribution in [3.05, 3.63) is 0 Å². The highest BCUT2D eigenvalue weighted by Gasteiger charge is 2.23. The van der Waals surface area contributed by atoms with Gasteiger partial charge in [-0.05, 0) is 53.9 Å². The summed E-state index contributed by atoms with van der Waals surface area (Å²) in [6.45, 7) is 9.53. The Bertz CT molecular complexity index is 513. The summed E-state index contributed by atoms with van der Waals surface area (Å²) in [5.74, 6) is -0.366. The van der Waals surface area contributed by atoms with E-state index < -0.39 is 23.8 Å². The summed E-state index contributed by atoms with van der Waals surface area (Å²) in [6.07, 6.45) is 1.37. The third-order valence-electron chi connectivity index (χ3n) is 4.12. The van der Waals surface area contributed by atoms with Gasteiger partial charge in [-0.1, -0.05) is 0 Å². The van der Waals surface area contributed by atoms with E-state index in [9.17, 15) is 18.8 Å². The molecule has 4 N–H and O–H groups in total. The summed E-state index contributed by atoms with van der Waals surface area (Å²) in [4.78, 5) is 35.8. The lowest BCUT2D eigenvalue weighted by Crippen LogP contribution is -2.50. The van der Waals surface area contributed by atoms with E-state index in [-0.39, 0.29) is 30.9 Å². The summed E-state index contributed by atoms with van der Waals surface area (Å²) in [7, 11) is 1.49. The summed E-state index contributed by atoms with van der Waals surface area (Å²) < 4.78 is 18.4. The van der Waals surface area contributed by atoms with Gasteiger partial charge in [-0.2, -0.15) is 0 Å². The van der Waals surface area contributed by atoms with Crippen molar-refractivity contribution in [2.45, 2.75) is 90.6 Å². The third kappa shape index (κ3) is 14.7. The Balaban J connectivity index is 4.23. The van der Waals surface area contributed by atoms with Crippen molar-refractivity contribution < 1.29 is 23.5 Å². The van der Waals surface area contributed by atoms with E-state index in [0.717, 1.165) is 0 Å². The minimum absolute atomic E-state index is 0.0190. The lowest BCUT2D eigenvalue weighted by molar-refractivity contribution is -0.128. The van der Waals surface area contributed by atoms with Crippen LogP contribution < -0.4 is 21.3 Å². The molecule has 0 aromatic heterocycles. The molecule has 0 aromatic rings. The number of urea groups is 1. The molecule has 170 valence electrons. The molecule has 0 heterocycles. The molecule has 0 saturated carbocycles. The summed E-state index contributed by atoms with van der Waals surface area (Å²) in [6, 6.07) is -1.06. The highest BCUT2D eigenvalue weighted by atomic mass is 19.1. The van der Waals surface area contributed by atoms with Gasteiger partial charge in [0.2, 0.25) is 11.8 Å². The Morgan fingerprint density at radius 3 is 2.24 bits per heavy atom. The fourth-order valence-electron chi connectivity index (χ4n) is 2.58. The summed E-state index contributed by atoms with van der Waals surface area (Å²) >= 11 is 0. The zero-order valence-electron chi connectivity index (χ0n) is 18.7. The normalized spacial score (nSPS) is 13.5. The van der Waals surface area contributed by atoms with Gasteiger partial charge < -0.3 is 26.0 Å². The number of unbranched alkanes of at least 4 members (excludes halogenated alkanes) is 1. The van der Waals surface area contributed by atoms with Crippen LogP contribution >= 0.6 is 0 Å². The standard InChI is InChI=1S/C20H39FN4O4/c1-14(2)24-18(27)16(25-19(28)22-6)9-7-8-11-23-17(26)13-20(4,5)29-12-10-15(3)21/h14-16H,7-13H2,1-6H3,(H,23,26)(H,24,27)(H2,22,25,28). The molecule has 9 heteroatoms. The van der Waals surface area contributed by atoms with Crippen molar-refractivity contribution in [3.8, 4) is 0 Å². The Kier molecular flexibility index (Phi) is 13.2. The second kappa shape index (κ2) is 14.1. The van der Waals surface area contributed by atoms with Gasteiger partial charge in [-0.3, -0.25) is 9.59 Å². The monoisotopic (exact) mass is 418 g/mol. The predicted molar refractivity (Wildman–Crippen MR) is 111 cm³/mol. The topological polar surface area (TPSA) is 109 Å². The minimum Gasteiger partial charge on any atom is -0.375 e. The maximum Gasteiger partial charge on any atom is 0.315 e. The molecule has 8 nitrogen and oxygen atoms in total. The molecule has 0 aliphatic carbocycles. The summed E-state index contributed by atoms with van der Waals surface area (Å²) in [5, 5.41) is 10.7. The highest BCUT2D eigenvalue weighted by molar-refractivity contribution is 5.87. The van der Waals surface area contributed by atoms with Crippen molar-refractivity contribution >= 4 is 17.8 Å². The number of amides is 4. The molecular formula is C20H39FN4O4. The quantitative estimate of drug-likeness (QED) is 0.324. The van der Waals surface area contributed by atoms with E-state index in [2.05, 4.69) is 21.3 Å². The number of hydrogen-bond acceptors (Lipinski definition) is 4. The molecule has 0 saturated heterocycles. The molecule has 2 unspecified atom stereocenters. The SMILES string of the molecule is CNC(=O)NC(CCCCNC(=O)CC(C)(C)OCCC(C)F)C(=O)NC(C)C. The molecule has 2 atom stereocenters. The van der Waals surface area contributed by atoms with Gasteiger partial charge >= 0.3 is 6.03 Å². The van der Waals surface area contributed by atoms with E-state index in [1.54, 1.807) is 13.8 Å². The zero-order chi connectivity index (χ0) is 22.4. The lowest BCUT2D eigenvalue weighted by atomic mass is 10.0. The van der Waals surface area contributed by atoms with Crippen LogP contribution in [0.15, 0.2) is 0 Å². The Hall–Kier alpha value is -1.90. The van der Waals surface area contributed by atoms with Crippen molar-refractivity contribution in [1.29, 1.82) is 0 Å². The first-order valence-electron chi connectivity index (χ1n) is 10.3. The lowest BCUT2D eigenvalue weighted by Gasteiger charge is -2.25. The number of rotatable bonds is 14. The second-order valence-electron chi connectivity index (χ2n) is 8.14. The number of alkyl halides is 1. The molecule has 0 aliphatic rings. The van der Waals surface area contributed by atoms with Crippen molar-refractivity contribution in [1.82, 2.24) is 21.3 Å². The Morgan fingerprint density at radius 2 is 1.69 bits per heavy atom. The van der Waals surface area contributed by atoms with Gasteiger partial charge in [-0.25, -0.2) is 9.18 Å². The van der Waals surface area contributed by atoms with Gasteiger partial charge in [0.15, 0.2) is 0 Å². The van der Waals surface area contributed by atoms with Crippen LogP contribution in [0.1, 0.15) is 66.7 Å². The molecule has 0 bridgehead atoms. The van der Waals surface area contributed by atoms with E-state index in [1.807, 2.05) is 13.8 Å². The van der Waals surface area contributed by atoms with Crippen molar-refractivity contribution in [3.63, 3.8) is 0 Å². The largest absolute Gasteiger partial charge is 0.375 e. The maximum atomic E-state index is 12.8. The smallest absolute Gasteiger partial charge is 0.315 e. The summed E-state index contributed by atoms with van der Waals surface area (Å²) in [5.41, 5.74) is -0.656. The van der Waals surface area contributed by atoms with Crippen LogP contribution in [0.2, 0.25) is 0 Å². The van der Waals surface area contributed by atoms with Crippen LogP contribution in [0.5, 0.6) is 0 Å². The Morgan fingerprint density at radius 1 is 1.03 bits per heavy atom. The van der Waals surface area contributed by atoms with Gasteiger partial charge in [0.25, 0.3) is 0 Å². The maximum absolute atomic E-state index is 12.8. The van der Waals surface area contributed by atoms with Crippen LogP contribution in [0.4, 0.5) is 9.18 Å². The minimum atomic E-state index is -0.927. The predicted octanol–water partition coefficient (Wildman–Crippen LogP) is 2.03. The van der Waals surface area contributed by atoms with Gasteiger partial charge in [0, 0.05) is 26.1 Å².